The average Bonchev–Trinajstić information content (AvgIpc) is 3.36. The van der Waals surface area contributed by atoms with E-state index in [1.165, 1.54) is 36.1 Å². The van der Waals surface area contributed by atoms with Gasteiger partial charge in [-0.3, -0.25) is 4.79 Å². The molecule has 0 bridgehead atoms. The van der Waals surface area contributed by atoms with Gasteiger partial charge in [0, 0.05) is 24.0 Å². The molecule has 108 valence electrons. The third kappa shape index (κ3) is 4.84. The molecule has 20 heavy (non-hydrogen) atoms. The number of nitrogens with one attached hydrogen (secondary N) is 2. The predicted octanol–water partition coefficient (Wildman–Crippen LogP) is 2.56. The Morgan fingerprint density at radius 1 is 1.15 bits per heavy atom. The van der Waals surface area contributed by atoms with Gasteiger partial charge in [-0.2, -0.15) is 0 Å². The number of hydrogen-bond acceptors (Lipinski definition) is 3. The SMILES string of the molecule is O=C(CSc1ccc(CNC2CC2)cc1)NCC1CC1. The molecule has 2 aliphatic rings. The van der Waals surface area contributed by atoms with Crippen LogP contribution < -0.4 is 10.6 Å². The summed E-state index contributed by atoms with van der Waals surface area (Å²) in [6, 6.07) is 9.28. The molecule has 1 amide bonds. The van der Waals surface area contributed by atoms with E-state index in [1.54, 1.807) is 11.8 Å². The molecule has 4 heteroatoms. The van der Waals surface area contributed by atoms with Crippen LogP contribution in [0.5, 0.6) is 0 Å². The summed E-state index contributed by atoms with van der Waals surface area (Å²) in [7, 11) is 0. The first-order valence-corrected chi connectivity index (χ1v) is 8.50. The quantitative estimate of drug-likeness (QED) is 0.723. The molecule has 0 unspecified atom stereocenters. The Morgan fingerprint density at radius 2 is 1.90 bits per heavy atom. The van der Waals surface area contributed by atoms with Crippen LogP contribution in [0.4, 0.5) is 0 Å². The number of carbonyl (C=O) groups is 1. The van der Waals surface area contributed by atoms with Gasteiger partial charge < -0.3 is 10.6 Å². The smallest absolute Gasteiger partial charge is 0.230 e. The summed E-state index contributed by atoms with van der Waals surface area (Å²) >= 11 is 1.61. The first-order valence-electron chi connectivity index (χ1n) is 7.51. The lowest BCUT2D eigenvalue weighted by Crippen LogP contribution is -2.27. The van der Waals surface area contributed by atoms with Gasteiger partial charge in [-0.1, -0.05) is 12.1 Å². The van der Waals surface area contributed by atoms with E-state index in [9.17, 15) is 4.79 Å². The van der Waals surface area contributed by atoms with Crippen molar-refractivity contribution in [1.82, 2.24) is 10.6 Å². The molecule has 1 aromatic rings. The number of carbonyl (C=O) groups excluding carboxylic acids is 1. The summed E-state index contributed by atoms with van der Waals surface area (Å²) in [5, 5.41) is 6.50. The van der Waals surface area contributed by atoms with E-state index in [4.69, 9.17) is 0 Å². The Morgan fingerprint density at radius 3 is 2.55 bits per heavy atom. The van der Waals surface area contributed by atoms with Crippen molar-refractivity contribution >= 4 is 17.7 Å². The number of rotatable bonds is 8. The highest BCUT2D eigenvalue weighted by Gasteiger charge is 2.21. The third-order valence-electron chi connectivity index (χ3n) is 3.75. The molecule has 0 aliphatic heterocycles. The summed E-state index contributed by atoms with van der Waals surface area (Å²) < 4.78 is 0. The zero-order chi connectivity index (χ0) is 13.8. The summed E-state index contributed by atoms with van der Waals surface area (Å²) in [6.45, 7) is 1.82. The van der Waals surface area contributed by atoms with E-state index in [1.807, 2.05) is 0 Å². The molecule has 1 aromatic carbocycles. The van der Waals surface area contributed by atoms with E-state index < -0.39 is 0 Å². The highest BCUT2D eigenvalue weighted by atomic mass is 32.2. The van der Waals surface area contributed by atoms with Crippen molar-refractivity contribution in [3.05, 3.63) is 29.8 Å². The minimum absolute atomic E-state index is 0.154. The molecule has 0 atom stereocenters. The Kier molecular flexibility index (Phi) is 4.63. The van der Waals surface area contributed by atoms with Gasteiger partial charge in [-0.15, -0.1) is 11.8 Å². The van der Waals surface area contributed by atoms with Crippen molar-refractivity contribution in [2.24, 2.45) is 5.92 Å². The maximum Gasteiger partial charge on any atom is 0.230 e. The van der Waals surface area contributed by atoms with Crippen molar-refractivity contribution in [3.63, 3.8) is 0 Å². The normalized spacial score (nSPS) is 18.0. The largest absolute Gasteiger partial charge is 0.355 e. The summed E-state index contributed by atoms with van der Waals surface area (Å²) in [5.41, 5.74) is 1.32. The van der Waals surface area contributed by atoms with E-state index in [0.717, 1.165) is 25.0 Å². The second-order valence-corrected chi connectivity index (χ2v) is 6.88. The van der Waals surface area contributed by atoms with Crippen molar-refractivity contribution in [2.45, 2.75) is 43.2 Å². The first kappa shape index (κ1) is 14.0. The Balaban J connectivity index is 1.36. The fourth-order valence-electron chi connectivity index (χ4n) is 2.03. The minimum atomic E-state index is 0.154. The van der Waals surface area contributed by atoms with E-state index >= 15 is 0 Å². The molecule has 0 saturated heterocycles. The van der Waals surface area contributed by atoms with Crippen LogP contribution in [0.25, 0.3) is 0 Å². The maximum atomic E-state index is 11.7. The molecular weight excluding hydrogens is 268 g/mol. The third-order valence-corrected chi connectivity index (χ3v) is 4.76. The van der Waals surface area contributed by atoms with Gasteiger partial charge in [0.1, 0.15) is 0 Å². The lowest BCUT2D eigenvalue weighted by molar-refractivity contribution is -0.118. The Hall–Kier alpha value is -1.00. The van der Waals surface area contributed by atoms with Crippen LogP contribution in [-0.2, 0) is 11.3 Å². The van der Waals surface area contributed by atoms with Gasteiger partial charge in [0.15, 0.2) is 0 Å². The molecule has 0 heterocycles. The topological polar surface area (TPSA) is 41.1 Å². The van der Waals surface area contributed by atoms with Gasteiger partial charge in [0.25, 0.3) is 0 Å². The number of thioether (sulfide) groups is 1. The number of hydrogen-bond donors (Lipinski definition) is 2. The lowest BCUT2D eigenvalue weighted by atomic mass is 10.2. The van der Waals surface area contributed by atoms with Gasteiger partial charge >= 0.3 is 0 Å². The maximum absolute atomic E-state index is 11.7. The van der Waals surface area contributed by atoms with Crippen LogP contribution in [0.2, 0.25) is 0 Å². The monoisotopic (exact) mass is 290 g/mol. The van der Waals surface area contributed by atoms with Gasteiger partial charge in [0.05, 0.1) is 5.75 Å². The molecule has 3 rings (SSSR count). The van der Waals surface area contributed by atoms with Crippen molar-refractivity contribution < 1.29 is 4.79 Å². The minimum Gasteiger partial charge on any atom is -0.355 e. The number of amides is 1. The summed E-state index contributed by atoms with van der Waals surface area (Å²) in [4.78, 5) is 12.8. The molecule has 2 saturated carbocycles. The molecule has 0 spiro atoms. The van der Waals surface area contributed by atoms with Crippen molar-refractivity contribution in [3.8, 4) is 0 Å². The van der Waals surface area contributed by atoms with E-state index in [0.29, 0.717) is 5.75 Å². The first-order chi connectivity index (χ1) is 9.79. The van der Waals surface area contributed by atoms with Crippen LogP contribution in [0.1, 0.15) is 31.2 Å². The van der Waals surface area contributed by atoms with Crippen LogP contribution in [0.3, 0.4) is 0 Å². The van der Waals surface area contributed by atoms with Crippen LogP contribution in [0.15, 0.2) is 29.2 Å². The van der Waals surface area contributed by atoms with Gasteiger partial charge in [0.2, 0.25) is 5.91 Å². The predicted molar refractivity (Wildman–Crippen MR) is 82.8 cm³/mol. The van der Waals surface area contributed by atoms with Crippen LogP contribution in [0, 0.1) is 5.92 Å². The molecule has 2 aliphatic carbocycles. The van der Waals surface area contributed by atoms with Gasteiger partial charge in [-0.25, -0.2) is 0 Å². The van der Waals surface area contributed by atoms with Crippen LogP contribution in [-0.4, -0.2) is 24.2 Å². The Bertz CT molecular complexity index is 452. The fourth-order valence-corrected chi connectivity index (χ4v) is 2.76. The highest BCUT2D eigenvalue weighted by molar-refractivity contribution is 8.00. The Labute approximate surface area is 124 Å². The summed E-state index contributed by atoms with van der Waals surface area (Å²) in [6.07, 6.45) is 5.21. The van der Waals surface area contributed by atoms with Crippen LogP contribution >= 0.6 is 11.8 Å². The average molecular weight is 290 g/mol. The second kappa shape index (κ2) is 6.64. The lowest BCUT2D eigenvalue weighted by Gasteiger charge is -2.06. The second-order valence-electron chi connectivity index (χ2n) is 5.84. The standard InChI is InChI=1S/C16H22N2OS/c19-16(18-10-12-1-2-12)11-20-15-7-3-13(4-8-15)9-17-14-5-6-14/h3-4,7-8,12,14,17H,1-2,5-6,9-11H2,(H,18,19). The summed E-state index contributed by atoms with van der Waals surface area (Å²) in [5.74, 6) is 1.43. The van der Waals surface area contributed by atoms with E-state index in [2.05, 4.69) is 34.9 Å². The molecular formula is C16H22N2OS. The molecule has 3 nitrogen and oxygen atoms in total. The van der Waals surface area contributed by atoms with E-state index in [-0.39, 0.29) is 5.91 Å². The van der Waals surface area contributed by atoms with Gasteiger partial charge in [-0.05, 0) is 49.3 Å². The number of benzene rings is 1. The zero-order valence-corrected chi connectivity index (χ0v) is 12.5. The molecule has 2 N–H and O–H groups in total. The molecule has 0 aromatic heterocycles. The molecule has 2 fully saturated rings. The zero-order valence-electron chi connectivity index (χ0n) is 11.7. The van der Waals surface area contributed by atoms with Crippen molar-refractivity contribution in [1.29, 1.82) is 0 Å². The highest BCUT2D eigenvalue weighted by Crippen LogP contribution is 2.27. The fraction of sp³-hybridized carbons (Fsp3) is 0.562. The molecule has 0 radical (unpaired) electrons. The van der Waals surface area contributed by atoms with Crippen molar-refractivity contribution in [2.75, 3.05) is 12.3 Å².